The standard InChI is InChI=1S/C20H27NO3/c1-4-20(12-16(23)24-3)10-8-14(9-11-22)17-15-7-5-6-13(2)18(15)21-19(17)20/h5-7,14,21-22H,4,8-12H2,1-3H3. The van der Waals surface area contributed by atoms with Gasteiger partial charge in [-0.25, -0.2) is 0 Å². The largest absolute Gasteiger partial charge is 0.469 e. The minimum absolute atomic E-state index is 0.154. The van der Waals surface area contributed by atoms with Gasteiger partial charge in [-0.15, -0.1) is 0 Å². The van der Waals surface area contributed by atoms with Crippen LogP contribution < -0.4 is 0 Å². The molecular formula is C20H27NO3. The van der Waals surface area contributed by atoms with Crippen molar-refractivity contribution in [2.45, 2.75) is 57.3 Å². The molecule has 0 saturated carbocycles. The molecule has 2 atom stereocenters. The molecule has 0 spiro atoms. The van der Waals surface area contributed by atoms with Crippen molar-refractivity contribution >= 4 is 16.9 Å². The normalized spacial score (nSPS) is 23.2. The lowest BCUT2D eigenvalue weighted by Gasteiger charge is -2.39. The number of nitrogens with one attached hydrogen (secondary N) is 1. The molecule has 2 N–H and O–H groups in total. The number of aliphatic hydroxyl groups excluding tert-OH is 1. The van der Waals surface area contributed by atoms with Gasteiger partial charge in [0.05, 0.1) is 13.5 Å². The molecule has 0 fully saturated rings. The number of rotatable bonds is 5. The van der Waals surface area contributed by atoms with Gasteiger partial charge in [0.1, 0.15) is 0 Å². The monoisotopic (exact) mass is 329 g/mol. The van der Waals surface area contributed by atoms with Crippen molar-refractivity contribution in [1.82, 2.24) is 4.98 Å². The van der Waals surface area contributed by atoms with Crippen LogP contribution in [-0.4, -0.2) is 29.8 Å². The van der Waals surface area contributed by atoms with Crippen molar-refractivity contribution in [3.63, 3.8) is 0 Å². The predicted molar refractivity (Wildman–Crippen MR) is 95.3 cm³/mol. The molecular weight excluding hydrogens is 302 g/mol. The molecule has 0 aliphatic heterocycles. The molecule has 1 aliphatic carbocycles. The van der Waals surface area contributed by atoms with Crippen LogP contribution in [0.5, 0.6) is 0 Å². The lowest BCUT2D eigenvalue weighted by molar-refractivity contribution is -0.142. The van der Waals surface area contributed by atoms with Crippen LogP contribution in [0.15, 0.2) is 18.2 Å². The zero-order valence-electron chi connectivity index (χ0n) is 14.8. The third kappa shape index (κ3) is 2.63. The summed E-state index contributed by atoms with van der Waals surface area (Å²) in [6, 6.07) is 6.36. The molecule has 1 aliphatic rings. The minimum atomic E-state index is -0.195. The molecule has 2 aromatic rings. The second-order valence-electron chi connectivity index (χ2n) is 7.05. The number of fused-ring (bicyclic) bond motifs is 3. The number of para-hydroxylation sites is 1. The molecule has 1 aromatic heterocycles. The maximum Gasteiger partial charge on any atom is 0.306 e. The van der Waals surface area contributed by atoms with E-state index in [4.69, 9.17) is 4.74 Å². The topological polar surface area (TPSA) is 62.3 Å². The number of benzene rings is 1. The summed E-state index contributed by atoms with van der Waals surface area (Å²) < 4.78 is 4.97. The van der Waals surface area contributed by atoms with Crippen LogP contribution in [-0.2, 0) is 14.9 Å². The molecule has 130 valence electrons. The summed E-state index contributed by atoms with van der Waals surface area (Å²) in [7, 11) is 1.46. The summed E-state index contributed by atoms with van der Waals surface area (Å²) in [5.41, 5.74) is 4.67. The van der Waals surface area contributed by atoms with Crippen LogP contribution in [0.1, 0.15) is 61.8 Å². The fourth-order valence-electron chi connectivity index (χ4n) is 4.40. The first-order valence-electron chi connectivity index (χ1n) is 8.85. The quantitative estimate of drug-likeness (QED) is 0.817. The summed E-state index contributed by atoms with van der Waals surface area (Å²) in [6.45, 7) is 4.45. The number of aryl methyl sites for hydroxylation is 1. The second kappa shape index (κ2) is 6.60. The van der Waals surface area contributed by atoms with Crippen LogP contribution in [0.4, 0.5) is 0 Å². The Hall–Kier alpha value is -1.81. The van der Waals surface area contributed by atoms with Crippen molar-refractivity contribution in [3.05, 3.63) is 35.0 Å². The molecule has 0 radical (unpaired) electrons. The molecule has 1 aromatic carbocycles. The van der Waals surface area contributed by atoms with Crippen molar-refractivity contribution in [2.24, 2.45) is 0 Å². The first-order valence-corrected chi connectivity index (χ1v) is 8.85. The Morgan fingerprint density at radius 3 is 2.92 bits per heavy atom. The molecule has 0 bridgehead atoms. The summed E-state index contributed by atoms with van der Waals surface area (Å²) in [5, 5.41) is 10.7. The van der Waals surface area contributed by atoms with Crippen molar-refractivity contribution < 1.29 is 14.6 Å². The van der Waals surface area contributed by atoms with Crippen LogP contribution in [0.3, 0.4) is 0 Å². The van der Waals surface area contributed by atoms with Gasteiger partial charge < -0.3 is 14.8 Å². The Labute approximate surface area is 143 Å². The van der Waals surface area contributed by atoms with Crippen molar-refractivity contribution in [1.29, 1.82) is 0 Å². The van der Waals surface area contributed by atoms with Gasteiger partial charge >= 0.3 is 5.97 Å². The molecule has 0 saturated heterocycles. The third-order valence-corrected chi connectivity index (χ3v) is 5.86. The SMILES string of the molecule is CCC1(CC(=O)OC)CCC(CCO)c2c1[nH]c1c(C)cccc21. The van der Waals surface area contributed by atoms with Gasteiger partial charge in [0.2, 0.25) is 0 Å². The average Bonchev–Trinajstić information content (AvgIpc) is 2.99. The number of hydrogen-bond donors (Lipinski definition) is 2. The van der Waals surface area contributed by atoms with E-state index in [0.29, 0.717) is 12.3 Å². The van der Waals surface area contributed by atoms with E-state index in [2.05, 4.69) is 37.0 Å². The highest BCUT2D eigenvalue weighted by molar-refractivity contribution is 5.89. The lowest BCUT2D eigenvalue weighted by Crippen LogP contribution is -2.35. The summed E-state index contributed by atoms with van der Waals surface area (Å²) in [4.78, 5) is 15.7. The summed E-state index contributed by atoms with van der Waals surface area (Å²) in [5.74, 6) is 0.191. The average molecular weight is 329 g/mol. The van der Waals surface area contributed by atoms with Crippen LogP contribution in [0.25, 0.3) is 10.9 Å². The zero-order valence-corrected chi connectivity index (χ0v) is 14.8. The van der Waals surface area contributed by atoms with Gasteiger partial charge in [0.15, 0.2) is 0 Å². The van der Waals surface area contributed by atoms with E-state index >= 15 is 0 Å². The van der Waals surface area contributed by atoms with E-state index in [9.17, 15) is 9.90 Å². The number of hydrogen-bond acceptors (Lipinski definition) is 3. The van der Waals surface area contributed by atoms with E-state index in [1.165, 1.54) is 29.3 Å². The number of aromatic amines is 1. The van der Waals surface area contributed by atoms with E-state index < -0.39 is 0 Å². The smallest absolute Gasteiger partial charge is 0.306 e. The van der Waals surface area contributed by atoms with E-state index in [1.807, 2.05) is 0 Å². The van der Waals surface area contributed by atoms with Gasteiger partial charge in [0, 0.05) is 28.6 Å². The van der Waals surface area contributed by atoms with E-state index in [0.717, 1.165) is 31.2 Å². The third-order valence-electron chi connectivity index (χ3n) is 5.86. The predicted octanol–water partition coefficient (Wildman–Crippen LogP) is 3.95. The number of ether oxygens (including phenoxy) is 1. The van der Waals surface area contributed by atoms with Gasteiger partial charge in [0.25, 0.3) is 0 Å². The molecule has 1 heterocycles. The maximum atomic E-state index is 12.1. The summed E-state index contributed by atoms with van der Waals surface area (Å²) >= 11 is 0. The molecule has 3 rings (SSSR count). The number of methoxy groups -OCH3 is 1. The molecule has 24 heavy (non-hydrogen) atoms. The van der Waals surface area contributed by atoms with Crippen molar-refractivity contribution in [2.75, 3.05) is 13.7 Å². The Balaban J connectivity index is 2.21. The fourth-order valence-corrected chi connectivity index (χ4v) is 4.40. The Morgan fingerprint density at radius 2 is 2.25 bits per heavy atom. The second-order valence-corrected chi connectivity index (χ2v) is 7.05. The van der Waals surface area contributed by atoms with Gasteiger partial charge in [-0.1, -0.05) is 25.1 Å². The first-order chi connectivity index (χ1) is 11.6. The van der Waals surface area contributed by atoms with Crippen LogP contribution in [0, 0.1) is 6.92 Å². The van der Waals surface area contributed by atoms with Crippen LogP contribution >= 0.6 is 0 Å². The minimum Gasteiger partial charge on any atom is -0.469 e. The highest BCUT2D eigenvalue weighted by Gasteiger charge is 2.42. The van der Waals surface area contributed by atoms with E-state index in [1.54, 1.807) is 0 Å². The molecule has 4 nitrogen and oxygen atoms in total. The van der Waals surface area contributed by atoms with Gasteiger partial charge in [-0.3, -0.25) is 4.79 Å². The zero-order chi connectivity index (χ0) is 17.3. The molecule has 2 unspecified atom stereocenters. The number of aromatic nitrogens is 1. The van der Waals surface area contributed by atoms with Gasteiger partial charge in [-0.05, 0) is 49.7 Å². The Kier molecular flexibility index (Phi) is 4.68. The summed E-state index contributed by atoms with van der Waals surface area (Å²) in [6.07, 6.45) is 4.02. The maximum absolute atomic E-state index is 12.1. The molecule has 4 heteroatoms. The molecule has 0 amide bonds. The first kappa shape index (κ1) is 17.0. The highest BCUT2D eigenvalue weighted by atomic mass is 16.5. The lowest BCUT2D eigenvalue weighted by atomic mass is 9.65. The number of H-pyrrole nitrogens is 1. The van der Waals surface area contributed by atoms with E-state index in [-0.39, 0.29) is 18.0 Å². The number of carbonyl (C=O) groups is 1. The number of carbonyl (C=O) groups excluding carboxylic acids is 1. The van der Waals surface area contributed by atoms with Crippen LogP contribution in [0.2, 0.25) is 0 Å². The Bertz CT molecular complexity index is 749. The van der Waals surface area contributed by atoms with Gasteiger partial charge in [-0.2, -0.15) is 0 Å². The number of aliphatic hydroxyl groups is 1. The highest BCUT2D eigenvalue weighted by Crippen LogP contribution is 2.50. The fraction of sp³-hybridized carbons (Fsp3) is 0.550. The number of esters is 1. The Morgan fingerprint density at radius 1 is 1.46 bits per heavy atom. The van der Waals surface area contributed by atoms with Crippen molar-refractivity contribution in [3.8, 4) is 0 Å².